The molecule has 8 heteroatoms. The molecule has 3 rings (SSSR count). The highest BCUT2D eigenvalue weighted by Crippen LogP contribution is 2.26. The van der Waals surface area contributed by atoms with Crippen molar-refractivity contribution in [2.24, 2.45) is 0 Å². The molecular formula is C20H28N4O4. The van der Waals surface area contributed by atoms with Crippen molar-refractivity contribution >= 4 is 11.7 Å². The summed E-state index contributed by atoms with van der Waals surface area (Å²) < 4.78 is 15.6. The first kappa shape index (κ1) is 20.3. The zero-order valence-electron chi connectivity index (χ0n) is 16.7. The molecule has 1 N–H and O–H groups in total. The number of nitrogens with zero attached hydrogens (tertiary/aromatic N) is 3. The quantitative estimate of drug-likeness (QED) is 0.732. The molecule has 0 unspecified atom stereocenters. The van der Waals surface area contributed by atoms with Crippen LogP contribution in [0.25, 0.3) is 0 Å². The smallest absolute Gasteiger partial charge is 0.321 e. The molecule has 1 aliphatic heterocycles. The lowest BCUT2D eigenvalue weighted by atomic mass is 9.96. The Morgan fingerprint density at radius 2 is 2.04 bits per heavy atom. The van der Waals surface area contributed by atoms with E-state index in [2.05, 4.69) is 22.4 Å². The van der Waals surface area contributed by atoms with Crippen LogP contribution in [0.15, 0.2) is 22.7 Å². The summed E-state index contributed by atoms with van der Waals surface area (Å²) in [6.07, 6.45) is 1.62. The van der Waals surface area contributed by atoms with Gasteiger partial charge in [-0.25, -0.2) is 4.79 Å². The van der Waals surface area contributed by atoms with Crippen molar-refractivity contribution in [1.29, 1.82) is 0 Å². The van der Waals surface area contributed by atoms with Crippen LogP contribution in [-0.2, 0) is 16.1 Å². The first-order valence-electron chi connectivity index (χ1n) is 9.59. The number of carbonyl (C=O) groups is 1. The van der Waals surface area contributed by atoms with E-state index < -0.39 is 0 Å². The molecule has 0 radical (unpaired) electrons. The van der Waals surface area contributed by atoms with Gasteiger partial charge in [0.1, 0.15) is 6.61 Å². The van der Waals surface area contributed by atoms with Gasteiger partial charge in [0.25, 0.3) is 5.89 Å². The number of ether oxygens (including phenoxy) is 2. The fourth-order valence-electron chi connectivity index (χ4n) is 3.16. The van der Waals surface area contributed by atoms with Crippen molar-refractivity contribution in [2.75, 3.05) is 38.7 Å². The van der Waals surface area contributed by atoms with Crippen molar-refractivity contribution in [3.05, 3.63) is 41.0 Å². The molecule has 2 amide bonds. The number of urea groups is 1. The molecule has 1 fully saturated rings. The van der Waals surface area contributed by atoms with Gasteiger partial charge in [0, 0.05) is 31.8 Å². The first-order chi connectivity index (χ1) is 13.6. The number of hydrogen-bond acceptors (Lipinski definition) is 6. The first-order valence-corrected chi connectivity index (χ1v) is 9.59. The summed E-state index contributed by atoms with van der Waals surface area (Å²) >= 11 is 0. The second kappa shape index (κ2) is 9.66. The topological polar surface area (TPSA) is 89.7 Å². The number of anilines is 1. The fourth-order valence-corrected chi connectivity index (χ4v) is 3.16. The predicted molar refractivity (Wildman–Crippen MR) is 104 cm³/mol. The Morgan fingerprint density at radius 3 is 2.75 bits per heavy atom. The van der Waals surface area contributed by atoms with Crippen LogP contribution < -0.4 is 5.32 Å². The lowest BCUT2D eigenvalue weighted by Crippen LogP contribution is -2.40. The number of likely N-dealkylation sites (tertiary alicyclic amines) is 1. The maximum atomic E-state index is 12.5. The average molecular weight is 388 g/mol. The molecule has 0 saturated carbocycles. The van der Waals surface area contributed by atoms with Gasteiger partial charge in [-0.1, -0.05) is 11.2 Å². The molecule has 0 spiro atoms. The lowest BCUT2D eigenvalue weighted by Gasteiger charge is -2.30. The molecule has 1 aromatic carbocycles. The molecule has 1 aromatic heterocycles. The molecule has 2 aromatic rings. The predicted octanol–water partition coefficient (Wildman–Crippen LogP) is 3.26. The zero-order chi connectivity index (χ0) is 19.9. The van der Waals surface area contributed by atoms with E-state index in [1.807, 2.05) is 30.0 Å². The number of aryl methyl sites for hydroxylation is 2. The van der Waals surface area contributed by atoms with E-state index in [0.29, 0.717) is 38.0 Å². The number of aromatic nitrogens is 2. The highest BCUT2D eigenvalue weighted by Gasteiger charge is 2.27. The highest BCUT2D eigenvalue weighted by atomic mass is 16.5. The standard InChI is InChI=1S/C20H28N4O4/c1-14-4-5-17(12-15(14)2)21-20(25)24-8-6-16(7-9-24)19-22-18(28-23-19)13-27-11-10-26-3/h4-5,12,16H,6-11,13H2,1-3H3,(H,21,25). The van der Waals surface area contributed by atoms with Crippen LogP contribution in [0, 0.1) is 13.8 Å². The van der Waals surface area contributed by atoms with Crippen molar-refractivity contribution in [3.8, 4) is 0 Å². The fraction of sp³-hybridized carbons (Fsp3) is 0.550. The van der Waals surface area contributed by atoms with E-state index in [9.17, 15) is 4.79 Å². The van der Waals surface area contributed by atoms with Crippen LogP contribution in [-0.4, -0.2) is 54.5 Å². The summed E-state index contributed by atoms with van der Waals surface area (Å²) in [5.41, 5.74) is 3.20. The molecule has 2 heterocycles. The number of methoxy groups -OCH3 is 1. The van der Waals surface area contributed by atoms with Crippen molar-refractivity contribution < 1.29 is 18.8 Å². The minimum absolute atomic E-state index is 0.0675. The van der Waals surface area contributed by atoms with E-state index in [1.165, 1.54) is 5.56 Å². The second-order valence-corrected chi connectivity index (χ2v) is 7.08. The number of benzene rings is 1. The number of piperidine rings is 1. The summed E-state index contributed by atoms with van der Waals surface area (Å²) in [6, 6.07) is 5.88. The summed E-state index contributed by atoms with van der Waals surface area (Å²) in [5.74, 6) is 1.36. The van der Waals surface area contributed by atoms with Crippen LogP contribution in [0.4, 0.5) is 10.5 Å². The monoisotopic (exact) mass is 388 g/mol. The largest absolute Gasteiger partial charge is 0.382 e. The maximum Gasteiger partial charge on any atom is 0.321 e. The Balaban J connectivity index is 1.46. The number of nitrogens with one attached hydrogen (secondary N) is 1. The number of hydrogen-bond donors (Lipinski definition) is 1. The van der Waals surface area contributed by atoms with Gasteiger partial charge in [-0.2, -0.15) is 4.98 Å². The van der Waals surface area contributed by atoms with Gasteiger partial charge in [0.2, 0.25) is 0 Å². The van der Waals surface area contributed by atoms with E-state index >= 15 is 0 Å². The van der Waals surface area contributed by atoms with Crippen LogP contribution in [0.1, 0.15) is 41.6 Å². The minimum atomic E-state index is -0.0675. The van der Waals surface area contributed by atoms with Gasteiger partial charge >= 0.3 is 6.03 Å². The lowest BCUT2D eigenvalue weighted by molar-refractivity contribution is 0.0494. The van der Waals surface area contributed by atoms with Gasteiger partial charge in [0.05, 0.1) is 13.2 Å². The minimum Gasteiger partial charge on any atom is -0.382 e. The molecule has 0 bridgehead atoms. The Bertz CT molecular complexity index is 784. The van der Waals surface area contributed by atoms with Crippen molar-refractivity contribution in [2.45, 2.75) is 39.2 Å². The number of carbonyl (C=O) groups excluding carboxylic acids is 1. The zero-order valence-corrected chi connectivity index (χ0v) is 16.7. The maximum absolute atomic E-state index is 12.5. The van der Waals surface area contributed by atoms with E-state index in [4.69, 9.17) is 14.0 Å². The van der Waals surface area contributed by atoms with Crippen LogP contribution in [0.3, 0.4) is 0 Å². The summed E-state index contributed by atoms with van der Waals surface area (Å²) in [7, 11) is 1.63. The third-order valence-electron chi connectivity index (χ3n) is 5.05. The van der Waals surface area contributed by atoms with Crippen LogP contribution in [0.5, 0.6) is 0 Å². The van der Waals surface area contributed by atoms with Crippen LogP contribution in [0.2, 0.25) is 0 Å². The van der Waals surface area contributed by atoms with Gasteiger partial charge in [-0.05, 0) is 49.9 Å². The molecule has 0 atom stereocenters. The molecule has 28 heavy (non-hydrogen) atoms. The Labute approximate surface area is 165 Å². The molecule has 0 aliphatic carbocycles. The van der Waals surface area contributed by atoms with E-state index in [-0.39, 0.29) is 18.6 Å². The Hall–Kier alpha value is -2.45. The normalized spacial score (nSPS) is 15.0. The van der Waals surface area contributed by atoms with Crippen LogP contribution >= 0.6 is 0 Å². The van der Waals surface area contributed by atoms with Crippen molar-refractivity contribution in [1.82, 2.24) is 15.0 Å². The molecular weight excluding hydrogens is 360 g/mol. The summed E-state index contributed by atoms with van der Waals surface area (Å²) in [4.78, 5) is 18.8. The summed E-state index contributed by atoms with van der Waals surface area (Å²) in [5, 5.41) is 7.06. The van der Waals surface area contributed by atoms with Gasteiger partial charge in [-0.15, -0.1) is 0 Å². The van der Waals surface area contributed by atoms with Gasteiger partial charge in [-0.3, -0.25) is 0 Å². The second-order valence-electron chi connectivity index (χ2n) is 7.08. The number of amides is 2. The molecule has 1 aliphatic rings. The number of rotatable bonds is 7. The molecule has 1 saturated heterocycles. The highest BCUT2D eigenvalue weighted by molar-refractivity contribution is 5.89. The molecule has 8 nitrogen and oxygen atoms in total. The van der Waals surface area contributed by atoms with Gasteiger partial charge < -0.3 is 24.2 Å². The van der Waals surface area contributed by atoms with Gasteiger partial charge in [0.15, 0.2) is 5.82 Å². The van der Waals surface area contributed by atoms with E-state index in [1.54, 1.807) is 7.11 Å². The Morgan fingerprint density at radius 1 is 1.25 bits per heavy atom. The third-order valence-corrected chi connectivity index (χ3v) is 5.05. The Kier molecular flexibility index (Phi) is 7.00. The third kappa shape index (κ3) is 5.30. The average Bonchev–Trinajstić information content (AvgIpc) is 3.17. The van der Waals surface area contributed by atoms with Crippen molar-refractivity contribution in [3.63, 3.8) is 0 Å². The molecule has 152 valence electrons. The SMILES string of the molecule is COCCOCc1nc(C2CCN(C(=O)Nc3ccc(C)c(C)c3)CC2)no1. The van der Waals surface area contributed by atoms with E-state index in [0.717, 1.165) is 24.1 Å². The summed E-state index contributed by atoms with van der Waals surface area (Å²) in [6.45, 7) is 6.73.